The second kappa shape index (κ2) is 9.59. The number of nitrogens with zero attached hydrogens (tertiary/aromatic N) is 5. The number of nitro groups is 1. The number of ether oxygens (including phenoxy) is 1. The number of nitro benzene ring substituents is 1. The number of halogens is 1. The van der Waals surface area contributed by atoms with Crippen LogP contribution in [0.25, 0.3) is 0 Å². The van der Waals surface area contributed by atoms with Crippen LogP contribution in [0.2, 0.25) is 0 Å². The van der Waals surface area contributed by atoms with Crippen molar-refractivity contribution in [1.29, 1.82) is 0 Å². The SMILES string of the molecule is C[C@@H](O)[C@H]1C(=O)N2C(C(=O)OCc3ccc([N+](=O)[O-])cc3)=C(SC3Cn4cnc[n+]4C3)[C@H](C)[C@H]12.[Cl-]. The Balaban J connectivity index is 0.00000289. The van der Waals surface area contributed by atoms with Crippen molar-refractivity contribution in [3.63, 3.8) is 0 Å². The Hall–Kier alpha value is -2.96. The molecular formula is C22H24ClN5O6S. The van der Waals surface area contributed by atoms with Gasteiger partial charge in [0.1, 0.15) is 18.8 Å². The monoisotopic (exact) mass is 521 g/mol. The summed E-state index contributed by atoms with van der Waals surface area (Å²) in [4.78, 5) is 42.8. The normalized spacial score (nSPS) is 25.5. The fraction of sp³-hybridized carbons (Fsp3) is 0.455. The van der Waals surface area contributed by atoms with E-state index in [1.165, 1.54) is 29.2 Å². The van der Waals surface area contributed by atoms with Crippen LogP contribution in [0.4, 0.5) is 5.69 Å². The zero-order chi connectivity index (χ0) is 24.1. The van der Waals surface area contributed by atoms with Gasteiger partial charge in [0.25, 0.3) is 5.69 Å². The number of thioether (sulfide) groups is 1. The first-order valence-corrected chi connectivity index (χ1v) is 11.9. The van der Waals surface area contributed by atoms with Crippen LogP contribution in [0.5, 0.6) is 0 Å². The Labute approximate surface area is 211 Å². The minimum Gasteiger partial charge on any atom is -1.00 e. The van der Waals surface area contributed by atoms with Gasteiger partial charge in [-0.15, -0.1) is 11.8 Å². The fourth-order valence-corrected chi connectivity index (χ4v) is 6.41. The second-order valence-corrected chi connectivity index (χ2v) is 10.2. The predicted octanol–water partition coefficient (Wildman–Crippen LogP) is -1.99. The second-order valence-electron chi connectivity index (χ2n) is 8.83. The number of benzene rings is 1. The molecule has 1 aromatic carbocycles. The number of non-ortho nitro benzene ring substituents is 1. The number of amides is 1. The first-order chi connectivity index (χ1) is 16.3. The molecule has 1 aromatic heterocycles. The van der Waals surface area contributed by atoms with Gasteiger partial charge in [-0.1, -0.05) is 6.92 Å². The lowest BCUT2D eigenvalue weighted by Crippen LogP contribution is -3.00. The maximum Gasteiger partial charge on any atom is 0.356 e. The lowest BCUT2D eigenvalue weighted by molar-refractivity contribution is -0.758. The Morgan fingerprint density at radius 3 is 2.74 bits per heavy atom. The molecule has 1 saturated heterocycles. The molecule has 1 fully saturated rings. The molecule has 0 unspecified atom stereocenters. The van der Waals surface area contributed by atoms with E-state index in [2.05, 4.69) is 4.98 Å². The average molecular weight is 522 g/mol. The summed E-state index contributed by atoms with van der Waals surface area (Å²) in [5.41, 5.74) is 0.799. The molecule has 0 aliphatic carbocycles. The number of carbonyl (C=O) groups excluding carboxylic acids is 2. The van der Waals surface area contributed by atoms with Gasteiger partial charge in [0.05, 0.1) is 34.8 Å². The quantitative estimate of drug-likeness (QED) is 0.146. The van der Waals surface area contributed by atoms with Crippen LogP contribution in [0.15, 0.2) is 47.5 Å². The summed E-state index contributed by atoms with van der Waals surface area (Å²) >= 11 is 1.57. The number of aliphatic hydroxyl groups is 1. The Morgan fingerprint density at radius 2 is 2.11 bits per heavy atom. The highest BCUT2D eigenvalue weighted by Crippen LogP contribution is 2.51. The standard InChI is InChI=1S/C22H24N5O6S.ClH/c1-12-18-17(13(2)28)21(29)26(18)19(20(12)34-16-7-24-10-23-11-25(24)8-16)22(30)33-9-14-3-5-15(6-4-14)27(31)32;/h3-6,10-13,16-18,28H,7-9H2,1-2H3;1H/q+1;/p-1/t12-,13-,17-,18-;/m1./s1. The predicted molar refractivity (Wildman–Crippen MR) is 119 cm³/mol. The Bertz CT molecular complexity index is 1180. The van der Waals surface area contributed by atoms with Gasteiger partial charge < -0.3 is 27.2 Å². The van der Waals surface area contributed by atoms with Crippen molar-refractivity contribution in [2.75, 3.05) is 0 Å². The van der Waals surface area contributed by atoms with Gasteiger partial charge in [0.2, 0.25) is 12.2 Å². The molecule has 1 N–H and O–H groups in total. The van der Waals surface area contributed by atoms with Crippen molar-refractivity contribution in [3.05, 3.63) is 63.2 Å². The fourth-order valence-electron chi connectivity index (χ4n) is 4.95. The largest absolute Gasteiger partial charge is 1.00 e. The van der Waals surface area contributed by atoms with Crippen LogP contribution in [0.3, 0.4) is 0 Å². The zero-order valence-corrected chi connectivity index (χ0v) is 20.6. The first-order valence-electron chi connectivity index (χ1n) is 11.0. The van der Waals surface area contributed by atoms with Crippen molar-refractivity contribution in [3.8, 4) is 0 Å². The number of aromatic nitrogens is 3. The summed E-state index contributed by atoms with van der Waals surface area (Å²) in [7, 11) is 0. The van der Waals surface area contributed by atoms with E-state index in [0.717, 1.165) is 18.0 Å². The highest BCUT2D eigenvalue weighted by atomic mass is 35.5. The van der Waals surface area contributed by atoms with Crippen molar-refractivity contribution >= 4 is 29.3 Å². The number of hydrogen-bond donors (Lipinski definition) is 1. The highest BCUT2D eigenvalue weighted by Gasteiger charge is 2.60. The van der Waals surface area contributed by atoms with E-state index in [-0.39, 0.29) is 53.5 Å². The molecule has 0 saturated carbocycles. The molecule has 5 rings (SSSR count). The smallest absolute Gasteiger partial charge is 0.356 e. The van der Waals surface area contributed by atoms with Crippen LogP contribution >= 0.6 is 11.8 Å². The lowest BCUT2D eigenvalue weighted by atomic mass is 9.79. The van der Waals surface area contributed by atoms with Crippen molar-refractivity contribution in [1.82, 2.24) is 14.6 Å². The number of carbonyl (C=O) groups is 2. The van der Waals surface area contributed by atoms with E-state index in [1.54, 1.807) is 31.3 Å². The molecule has 0 spiro atoms. The molecule has 11 nitrogen and oxygen atoms in total. The van der Waals surface area contributed by atoms with Crippen LogP contribution in [0.1, 0.15) is 19.4 Å². The van der Waals surface area contributed by atoms with Gasteiger partial charge in [-0.25, -0.2) is 4.79 Å². The molecule has 35 heavy (non-hydrogen) atoms. The maximum atomic E-state index is 13.2. The summed E-state index contributed by atoms with van der Waals surface area (Å²) in [5.74, 6) is -1.56. The Morgan fingerprint density at radius 1 is 1.40 bits per heavy atom. The topological polar surface area (TPSA) is 132 Å². The highest BCUT2D eigenvalue weighted by molar-refractivity contribution is 8.03. The van der Waals surface area contributed by atoms with Gasteiger partial charge in [0, 0.05) is 23.0 Å². The van der Waals surface area contributed by atoms with Gasteiger partial charge in [-0.3, -0.25) is 14.9 Å². The van der Waals surface area contributed by atoms with Gasteiger partial charge >= 0.3 is 12.3 Å². The maximum absolute atomic E-state index is 13.2. The van der Waals surface area contributed by atoms with E-state index < -0.39 is 22.9 Å². The zero-order valence-electron chi connectivity index (χ0n) is 19.0. The lowest BCUT2D eigenvalue weighted by Gasteiger charge is -2.46. The van der Waals surface area contributed by atoms with Gasteiger partial charge in [-0.2, -0.15) is 9.36 Å². The molecule has 0 bridgehead atoms. The number of hydrogen-bond acceptors (Lipinski definition) is 8. The average Bonchev–Trinajstić information content (AvgIpc) is 3.44. The van der Waals surface area contributed by atoms with Crippen LogP contribution < -0.4 is 17.1 Å². The number of rotatable bonds is 7. The molecule has 0 radical (unpaired) electrons. The minimum absolute atomic E-state index is 0. The molecule has 13 heteroatoms. The summed E-state index contributed by atoms with van der Waals surface area (Å²) in [6, 6.07) is 5.49. The third kappa shape index (κ3) is 4.30. The van der Waals surface area contributed by atoms with E-state index in [0.29, 0.717) is 5.56 Å². The summed E-state index contributed by atoms with van der Waals surface area (Å²) in [6.45, 7) is 4.95. The summed E-state index contributed by atoms with van der Waals surface area (Å²) in [6.07, 6.45) is 2.70. The van der Waals surface area contributed by atoms with E-state index in [1.807, 2.05) is 16.3 Å². The molecule has 4 heterocycles. The third-order valence-electron chi connectivity index (χ3n) is 6.62. The first kappa shape index (κ1) is 25.1. The van der Waals surface area contributed by atoms with Crippen LogP contribution in [0, 0.1) is 22.0 Å². The summed E-state index contributed by atoms with van der Waals surface area (Å²) < 4.78 is 9.55. The number of β-lactam (4-membered cyclic amide) rings is 1. The van der Waals surface area contributed by atoms with Gasteiger partial charge in [0.15, 0.2) is 0 Å². The Kier molecular flexibility index (Phi) is 6.89. The van der Waals surface area contributed by atoms with E-state index >= 15 is 0 Å². The van der Waals surface area contributed by atoms with Crippen molar-refractivity contribution in [2.24, 2.45) is 11.8 Å². The van der Waals surface area contributed by atoms with Crippen LogP contribution in [-0.2, 0) is 34.0 Å². The molecular weight excluding hydrogens is 498 g/mol. The van der Waals surface area contributed by atoms with E-state index in [9.17, 15) is 24.8 Å². The van der Waals surface area contributed by atoms with Crippen molar-refractivity contribution in [2.45, 2.75) is 50.9 Å². The molecule has 186 valence electrons. The minimum atomic E-state index is -0.813. The van der Waals surface area contributed by atoms with E-state index in [4.69, 9.17) is 4.74 Å². The molecule has 2 aromatic rings. The molecule has 3 aliphatic rings. The van der Waals surface area contributed by atoms with Crippen molar-refractivity contribution < 1.29 is 41.4 Å². The van der Waals surface area contributed by atoms with Crippen LogP contribution in [-0.4, -0.2) is 53.9 Å². The van der Waals surface area contributed by atoms with Gasteiger partial charge in [-0.05, 0) is 29.6 Å². The molecule has 1 amide bonds. The molecule has 3 aliphatic heterocycles. The number of fused-ring (bicyclic) bond motifs is 2. The molecule has 4 atom stereocenters. The number of esters is 1. The number of aliphatic hydroxyl groups excluding tert-OH is 1. The summed E-state index contributed by atoms with van der Waals surface area (Å²) in [5, 5.41) is 21.2. The third-order valence-corrected chi connectivity index (χ3v) is 8.07.